The summed E-state index contributed by atoms with van der Waals surface area (Å²) in [6, 6.07) is 4.40. The minimum absolute atomic E-state index is 0.00770. The first-order chi connectivity index (χ1) is 7.75. The lowest BCUT2D eigenvalue weighted by Gasteiger charge is -2.37. The number of hydrogen-bond acceptors (Lipinski definition) is 3. The second kappa shape index (κ2) is 5.05. The van der Waals surface area contributed by atoms with Crippen molar-refractivity contribution in [1.29, 1.82) is 0 Å². The molecule has 3 heteroatoms. The van der Waals surface area contributed by atoms with Gasteiger partial charge in [-0.3, -0.25) is 0 Å². The topological polar surface area (TPSA) is 42.2 Å². The van der Waals surface area contributed by atoms with Crippen LogP contribution in [-0.2, 0) is 0 Å². The number of rotatable bonds is 3. The minimum atomic E-state index is 0.00770. The molecule has 1 rings (SSSR count). The van der Waals surface area contributed by atoms with Crippen LogP contribution in [0.3, 0.4) is 0 Å². The van der Waals surface area contributed by atoms with E-state index in [0.29, 0.717) is 6.04 Å². The third kappa shape index (κ3) is 3.19. The second-order valence-electron chi connectivity index (χ2n) is 5.86. The van der Waals surface area contributed by atoms with E-state index < -0.39 is 0 Å². The quantitative estimate of drug-likeness (QED) is 0.875. The highest BCUT2D eigenvalue weighted by Crippen LogP contribution is 2.29. The van der Waals surface area contributed by atoms with Crippen molar-refractivity contribution in [2.75, 3.05) is 11.9 Å². The fourth-order valence-electron chi connectivity index (χ4n) is 1.82. The van der Waals surface area contributed by atoms with E-state index in [1.165, 1.54) is 0 Å². The van der Waals surface area contributed by atoms with Gasteiger partial charge in [-0.25, -0.2) is 4.98 Å². The Morgan fingerprint density at radius 2 is 1.88 bits per heavy atom. The molecule has 1 unspecified atom stereocenters. The van der Waals surface area contributed by atoms with E-state index in [-0.39, 0.29) is 11.5 Å². The number of pyridine rings is 1. The van der Waals surface area contributed by atoms with E-state index in [0.717, 1.165) is 11.4 Å². The van der Waals surface area contributed by atoms with Gasteiger partial charge in [0.2, 0.25) is 0 Å². The largest absolute Gasteiger partial charge is 0.356 e. The van der Waals surface area contributed by atoms with Crippen LogP contribution in [0.4, 0.5) is 5.82 Å². The molecule has 2 atom stereocenters. The van der Waals surface area contributed by atoms with Crippen LogP contribution in [0.1, 0.15) is 46.2 Å². The Labute approximate surface area is 105 Å². The molecule has 3 nitrogen and oxygen atoms in total. The molecule has 96 valence electrons. The van der Waals surface area contributed by atoms with Crippen LogP contribution in [-0.4, -0.2) is 18.1 Å². The van der Waals surface area contributed by atoms with Crippen LogP contribution >= 0.6 is 0 Å². The van der Waals surface area contributed by atoms with E-state index in [1.54, 1.807) is 0 Å². The van der Waals surface area contributed by atoms with E-state index >= 15 is 0 Å². The molecule has 0 saturated heterocycles. The molecular formula is C14H25N3. The number of hydrogen-bond donors (Lipinski definition) is 1. The molecule has 0 spiro atoms. The Kier molecular flexibility index (Phi) is 4.15. The maximum atomic E-state index is 5.99. The lowest BCUT2D eigenvalue weighted by molar-refractivity contribution is 0.328. The average Bonchev–Trinajstić information content (AvgIpc) is 2.25. The highest BCUT2D eigenvalue weighted by Gasteiger charge is 2.26. The molecule has 1 aromatic rings. The molecule has 17 heavy (non-hydrogen) atoms. The molecule has 2 N–H and O–H groups in total. The lowest BCUT2D eigenvalue weighted by atomic mass is 9.87. The van der Waals surface area contributed by atoms with Crippen molar-refractivity contribution in [2.45, 2.75) is 46.7 Å². The predicted molar refractivity (Wildman–Crippen MR) is 74.2 cm³/mol. The van der Waals surface area contributed by atoms with Gasteiger partial charge >= 0.3 is 0 Å². The molecular weight excluding hydrogens is 210 g/mol. The Hall–Kier alpha value is -1.09. The molecule has 0 radical (unpaired) electrons. The standard InChI is InChI=1S/C14H25N3/c1-10(15)12-8-7-9-16-13(12)17(6)11(2)14(3,4)5/h7-11H,15H2,1-6H3/t10-,11?/m1/s1. The van der Waals surface area contributed by atoms with Crippen LogP contribution in [0.25, 0.3) is 0 Å². The van der Waals surface area contributed by atoms with Crippen molar-refractivity contribution >= 4 is 5.82 Å². The molecule has 1 heterocycles. The van der Waals surface area contributed by atoms with Gasteiger partial charge in [-0.05, 0) is 25.3 Å². The molecule has 0 amide bonds. The first-order valence-electron chi connectivity index (χ1n) is 6.18. The van der Waals surface area contributed by atoms with Gasteiger partial charge < -0.3 is 10.6 Å². The van der Waals surface area contributed by atoms with Crippen LogP contribution in [0.15, 0.2) is 18.3 Å². The van der Waals surface area contributed by atoms with Crippen molar-refractivity contribution < 1.29 is 0 Å². The van der Waals surface area contributed by atoms with Crippen molar-refractivity contribution in [3.63, 3.8) is 0 Å². The number of aromatic nitrogens is 1. The molecule has 0 fully saturated rings. The summed E-state index contributed by atoms with van der Waals surface area (Å²) in [7, 11) is 2.09. The summed E-state index contributed by atoms with van der Waals surface area (Å²) in [6.07, 6.45) is 1.83. The smallest absolute Gasteiger partial charge is 0.133 e. The van der Waals surface area contributed by atoms with Crippen LogP contribution in [0.5, 0.6) is 0 Å². The second-order valence-corrected chi connectivity index (χ2v) is 5.86. The van der Waals surface area contributed by atoms with Gasteiger partial charge in [0, 0.05) is 30.9 Å². The van der Waals surface area contributed by atoms with Gasteiger partial charge in [0.25, 0.3) is 0 Å². The van der Waals surface area contributed by atoms with Gasteiger partial charge in [-0.2, -0.15) is 0 Å². The average molecular weight is 235 g/mol. The Bertz CT molecular complexity index is 366. The zero-order valence-corrected chi connectivity index (χ0v) is 11.9. The van der Waals surface area contributed by atoms with Crippen molar-refractivity contribution in [3.05, 3.63) is 23.9 Å². The SMILES string of the molecule is CC(N(C)c1ncccc1[C@@H](C)N)C(C)(C)C. The maximum absolute atomic E-state index is 5.99. The minimum Gasteiger partial charge on any atom is -0.356 e. The molecule has 0 aliphatic heterocycles. The summed E-state index contributed by atoms with van der Waals surface area (Å²) in [4.78, 5) is 6.70. The highest BCUT2D eigenvalue weighted by molar-refractivity contribution is 5.48. The maximum Gasteiger partial charge on any atom is 0.133 e. The normalized spacial score (nSPS) is 15.5. The molecule has 0 aliphatic rings. The van der Waals surface area contributed by atoms with E-state index in [1.807, 2.05) is 19.2 Å². The number of anilines is 1. The Morgan fingerprint density at radius 1 is 1.29 bits per heavy atom. The summed E-state index contributed by atoms with van der Waals surface area (Å²) in [5.74, 6) is 0.991. The van der Waals surface area contributed by atoms with Crippen molar-refractivity contribution in [1.82, 2.24) is 4.98 Å². The van der Waals surface area contributed by atoms with Gasteiger partial charge in [0.05, 0.1) is 0 Å². The summed E-state index contributed by atoms with van der Waals surface area (Å²) in [5.41, 5.74) is 7.31. The molecule has 1 aromatic heterocycles. The molecule has 0 aromatic carbocycles. The summed E-state index contributed by atoms with van der Waals surface area (Å²) < 4.78 is 0. The Balaban J connectivity index is 3.08. The molecule has 0 aliphatic carbocycles. The zero-order valence-electron chi connectivity index (χ0n) is 11.9. The van der Waals surface area contributed by atoms with Gasteiger partial charge in [0.15, 0.2) is 0 Å². The van der Waals surface area contributed by atoms with Crippen LogP contribution < -0.4 is 10.6 Å². The van der Waals surface area contributed by atoms with E-state index in [9.17, 15) is 0 Å². The number of nitrogens with zero attached hydrogens (tertiary/aromatic N) is 2. The molecule has 0 bridgehead atoms. The predicted octanol–water partition coefficient (Wildman–Crippen LogP) is 2.97. The first kappa shape index (κ1) is 14.0. The summed E-state index contributed by atoms with van der Waals surface area (Å²) in [6.45, 7) is 10.9. The highest BCUT2D eigenvalue weighted by atomic mass is 15.2. The van der Waals surface area contributed by atoms with Gasteiger partial charge in [-0.1, -0.05) is 26.8 Å². The molecule has 0 saturated carbocycles. The van der Waals surface area contributed by atoms with E-state index in [4.69, 9.17) is 5.73 Å². The van der Waals surface area contributed by atoms with Crippen LogP contribution in [0.2, 0.25) is 0 Å². The van der Waals surface area contributed by atoms with Crippen molar-refractivity contribution in [3.8, 4) is 0 Å². The lowest BCUT2D eigenvalue weighted by Crippen LogP contribution is -2.40. The summed E-state index contributed by atoms with van der Waals surface area (Å²) >= 11 is 0. The monoisotopic (exact) mass is 235 g/mol. The third-order valence-electron chi connectivity index (χ3n) is 3.48. The first-order valence-corrected chi connectivity index (χ1v) is 6.18. The zero-order chi connectivity index (χ0) is 13.2. The third-order valence-corrected chi connectivity index (χ3v) is 3.48. The number of nitrogens with two attached hydrogens (primary N) is 1. The fraction of sp³-hybridized carbons (Fsp3) is 0.643. The van der Waals surface area contributed by atoms with Gasteiger partial charge in [-0.15, -0.1) is 0 Å². The van der Waals surface area contributed by atoms with E-state index in [2.05, 4.69) is 50.7 Å². The summed E-state index contributed by atoms with van der Waals surface area (Å²) in [5, 5.41) is 0. The fourth-order valence-corrected chi connectivity index (χ4v) is 1.82. The Morgan fingerprint density at radius 3 is 2.35 bits per heavy atom. The van der Waals surface area contributed by atoms with Gasteiger partial charge in [0.1, 0.15) is 5.82 Å². The van der Waals surface area contributed by atoms with Crippen LogP contribution in [0, 0.1) is 5.41 Å². The van der Waals surface area contributed by atoms with Crippen molar-refractivity contribution in [2.24, 2.45) is 11.1 Å².